The summed E-state index contributed by atoms with van der Waals surface area (Å²) in [5.41, 5.74) is 1.30. The molecule has 1 saturated carbocycles. The van der Waals surface area contributed by atoms with Gasteiger partial charge in [-0.2, -0.15) is 0 Å². The van der Waals surface area contributed by atoms with E-state index in [1.807, 2.05) is 0 Å². The molecule has 0 aromatic heterocycles. The summed E-state index contributed by atoms with van der Waals surface area (Å²) in [6.07, 6.45) is 3.61. The molecule has 0 unspecified atom stereocenters. The van der Waals surface area contributed by atoms with E-state index in [1.165, 1.54) is 23.3 Å². The first-order valence-electron chi connectivity index (χ1n) is 6.99. The van der Waals surface area contributed by atoms with Crippen LogP contribution in [0.25, 0.3) is 0 Å². The largest absolute Gasteiger partial charge is 0.355 e. The highest BCUT2D eigenvalue weighted by atomic mass is 32.2. The topological polar surface area (TPSA) is 41.1 Å². The lowest BCUT2D eigenvalue weighted by molar-refractivity contribution is -0.118. The van der Waals surface area contributed by atoms with E-state index in [2.05, 4.69) is 41.8 Å². The predicted octanol–water partition coefficient (Wildman–Crippen LogP) is 2.56. The zero-order chi connectivity index (χ0) is 13.5. The fraction of sp³-hybridized carbons (Fsp3) is 0.533. The molecular formula is C15H22N2OS. The molecular weight excluding hydrogens is 256 g/mol. The Morgan fingerprint density at radius 1 is 1.42 bits per heavy atom. The summed E-state index contributed by atoms with van der Waals surface area (Å²) >= 11 is 1.60. The third-order valence-corrected chi connectivity index (χ3v) is 4.01. The summed E-state index contributed by atoms with van der Waals surface area (Å²) in [4.78, 5) is 12.7. The lowest BCUT2D eigenvalue weighted by Crippen LogP contribution is -2.25. The zero-order valence-corrected chi connectivity index (χ0v) is 12.3. The molecule has 2 rings (SSSR count). The molecule has 1 aromatic carbocycles. The van der Waals surface area contributed by atoms with Gasteiger partial charge in [0.1, 0.15) is 0 Å². The van der Waals surface area contributed by atoms with E-state index in [0.717, 1.165) is 25.6 Å². The lowest BCUT2D eigenvalue weighted by Gasteiger charge is -2.06. The molecule has 1 amide bonds. The molecule has 0 bridgehead atoms. The van der Waals surface area contributed by atoms with Gasteiger partial charge in [-0.1, -0.05) is 19.1 Å². The van der Waals surface area contributed by atoms with E-state index in [0.29, 0.717) is 5.75 Å². The van der Waals surface area contributed by atoms with Crippen LogP contribution in [-0.2, 0) is 11.3 Å². The number of amides is 1. The van der Waals surface area contributed by atoms with Crippen LogP contribution in [-0.4, -0.2) is 24.2 Å². The molecule has 19 heavy (non-hydrogen) atoms. The Bertz CT molecular complexity index is 418. The molecule has 0 atom stereocenters. The van der Waals surface area contributed by atoms with Gasteiger partial charge in [-0.3, -0.25) is 4.79 Å². The normalized spacial score (nSPS) is 14.4. The van der Waals surface area contributed by atoms with Crippen LogP contribution in [0.1, 0.15) is 31.7 Å². The Balaban J connectivity index is 1.75. The minimum absolute atomic E-state index is 0.119. The van der Waals surface area contributed by atoms with Gasteiger partial charge in [0, 0.05) is 24.0 Å². The number of benzene rings is 1. The predicted molar refractivity (Wildman–Crippen MR) is 80.3 cm³/mol. The average molecular weight is 278 g/mol. The molecule has 2 N–H and O–H groups in total. The van der Waals surface area contributed by atoms with Gasteiger partial charge in [0.25, 0.3) is 0 Å². The third kappa shape index (κ3) is 5.66. The highest BCUT2D eigenvalue weighted by Crippen LogP contribution is 2.21. The van der Waals surface area contributed by atoms with Crippen molar-refractivity contribution in [3.8, 4) is 0 Å². The minimum atomic E-state index is 0.119. The van der Waals surface area contributed by atoms with Gasteiger partial charge < -0.3 is 10.6 Å². The molecule has 4 heteroatoms. The second kappa shape index (κ2) is 7.56. The number of hydrogen-bond acceptors (Lipinski definition) is 3. The van der Waals surface area contributed by atoms with Crippen molar-refractivity contribution in [2.24, 2.45) is 0 Å². The van der Waals surface area contributed by atoms with E-state index in [4.69, 9.17) is 0 Å². The van der Waals surface area contributed by atoms with Crippen molar-refractivity contribution in [2.75, 3.05) is 12.3 Å². The molecule has 1 aromatic rings. The van der Waals surface area contributed by atoms with Crippen LogP contribution in [0.5, 0.6) is 0 Å². The van der Waals surface area contributed by atoms with Crippen molar-refractivity contribution >= 4 is 17.7 Å². The van der Waals surface area contributed by atoms with Gasteiger partial charge in [-0.05, 0) is 37.0 Å². The molecule has 3 nitrogen and oxygen atoms in total. The van der Waals surface area contributed by atoms with Crippen molar-refractivity contribution in [3.63, 3.8) is 0 Å². The number of nitrogens with one attached hydrogen (secondary N) is 2. The molecule has 0 radical (unpaired) electrons. The molecule has 0 heterocycles. The Hall–Kier alpha value is -1.00. The van der Waals surface area contributed by atoms with Gasteiger partial charge in [0.05, 0.1) is 5.75 Å². The van der Waals surface area contributed by atoms with E-state index in [1.54, 1.807) is 11.8 Å². The SMILES string of the molecule is CCCNC(=O)CSc1cccc(CNC2CC2)c1. The Kier molecular flexibility index (Phi) is 5.73. The lowest BCUT2D eigenvalue weighted by atomic mass is 10.2. The summed E-state index contributed by atoms with van der Waals surface area (Å²) < 4.78 is 0. The van der Waals surface area contributed by atoms with Gasteiger partial charge in [-0.25, -0.2) is 0 Å². The highest BCUT2D eigenvalue weighted by Gasteiger charge is 2.19. The summed E-state index contributed by atoms with van der Waals surface area (Å²) in [6, 6.07) is 9.18. The first kappa shape index (κ1) is 14.4. The van der Waals surface area contributed by atoms with Gasteiger partial charge >= 0.3 is 0 Å². The van der Waals surface area contributed by atoms with Crippen LogP contribution in [0.4, 0.5) is 0 Å². The highest BCUT2D eigenvalue weighted by molar-refractivity contribution is 8.00. The van der Waals surface area contributed by atoms with Crippen LogP contribution in [0, 0.1) is 0 Å². The molecule has 1 fully saturated rings. The Morgan fingerprint density at radius 3 is 3.00 bits per heavy atom. The molecule has 0 spiro atoms. The summed E-state index contributed by atoms with van der Waals surface area (Å²) in [5.74, 6) is 0.618. The molecule has 1 aliphatic carbocycles. The quantitative estimate of drug-likeness (QED) is 0.718. The van der Waals surface area contributed by atoms with Crippen molar-refractivity contribution in [1.82, 2.24) is 10.6 Å². The molecule has 0 aliphatic heterocycles. The number of carbonyl (C=O) groups is 1. The first-order valence-corrected chi connectivity index (χ1v) is 7.98. The number of thioether (sulfide) groups is 1. The maximum absolute atomic E-state index is 11.5. The van der Waals surface area contributed by atoms with Crippen molar-refractivity contribution in [2.45, 2.75) is 43.7 Å². The van der Waals surface area contributed by atoms with E-state index < -0.39 is 0 Å². The summed E-state index contributed by atoms with van der Waals surface area (Å²) in [6.45, 7) is 3.76. The van der Waals surface area contributed by atoms with Gasteiger partial charge in [0.2, 0.25) is 5.91 Å². The smallest absolute Gasteiger partial charge is 0.230 e. The summed E-state index contributed by atoms with van der Waals surface area (Å²) in [7, 11) is 0. The van der Waals surface area contributed by atoms with Crippen LogP contribution in [0.3, 0.4) is 0 Å². The van der Waals surface area contributed by atoms with Crippen molar-refractivity contribution in [1.29, 1.82) is 0 Å². The number of hydrogen-bond donors (Lipinski definition) is 2. The fourth-order valence-electron chi connectivity index (χ4n) is 1.76. The second-order valence-corrected chi connectivity index (χ2v) is 5.99. The summed E-state index contributed by atoms with van der Waals surface area (Å²) in [5, 5.41) is 6.40. The van der Waals surface area contributed by atoms with E-state index >= 15 is 0 Å². The first-order chi connectivity index (χ1) is 9.28. The van der Waals surface area contributed by atoms with Crippen molar-refractivity contribution in [3.05, 3.63) is 29.8 Å². The number of carbonyl (C=O) groups excluding carboxylic acids is 1. The molecule has 0 saturated heterocycles. The second-order valence-electron chi connectivity index (χ2n) is 4.94. The van der Waals surface area contributed by atoms with Crippen LogP contribution in [0.2, 0.25) is 0 Å². The third-order valence-electron chi connectivity index (χ3n) is 3.01. The van der Waals surface area contributed by atoms with Gasteiger partial charge in [0.15, 0.2) is 0 Å². The Morgan fingerprint density at radius 2 is 2.26 bits per heavy atom. The maximum Gasteiger partial charge on any atom is 0.230 e. The minimum Gasteiger partial charge on any atom is -0.355 e. The van der Waals surface area contributed by atoms with Crippen LogP contribution >= 0.6 is 11.8 Å². The van der Waals surface area contributed by atoms with E-state index in [-0.39, 0.29) is 5.91 Å². The zero-order valence-electron chi connectivity index (χ0n) is 11.4. The molecule has 104 valence electrons. The monoisotopic (exact) mass is 278 g/mol. The van der Waals surface area contributed by atoms with Crippen molar-refractivity contribution < 1.29 is 4.79 Å². The van der Waals surface area contributed by atoms with Gasteiger partial charge in [-0.15, -0.1) is 11.8 Å². The standard InChI is InChI=1S/C15H22N2OS/c1-2-8-16-15(18)11-19-14-5-3-4-12(9-14)10-17-13-6-7-13/h3-5,9,13,17H,2,6-8,10-11H2,1H3,(H,16,18). The van der Waals surface area contributed by atoms with Crippen LogP contribution in [0.15, 0.2) is 29.2 Å². The fourth-order valence-corrected chi connectivity index (χ4v) is 2.57. The number of rotatable bonds is 8. The maximum atomic E-state index is 11.5. The van der Waals surface area contributed by atoms with Crippen LogP contribution < -0.4 is 10.6 Å². The Labute approximate surface area is 119 Å². The average Bonchev–Trinajstić information content (AvgIpc) is 3.25. The van der Waals surface area contributed by atoms with E-state index in [9.17, 15) is 4.79 Å². The molecule has 1 aliphatic rings.